The summed E-state index contributed by atoms with van der Waals surface area (Å²) in [6.07, 6.45) is 5.25. The van der Waals surface area contributed by atoms with Crippen molar-refractivity contribution in [2.24, 2.45) is 0 Å². The Morgan fingerprint density at radius 2 is 2.13 bits per heavy atom. The smallest absolute Gasteiger partial charge is 0.155 e. The summed E-state index contributed by atoms with van der Waals surface area (Å²) in [5.41, 5.74) is 7.38. The van der Waals surface area contributed by atoms with Crippen molar-refractivity contribution in [3.8, 4) is 11.1 Å². The molecule has 4 nitrogen and oxygen atoms in total. The van der Waals surface area contributed by atoms with Gasteiger partial charge in [-0.15, -0.1) is 0 Å². The number of fused-ring (bicyclic) bond motifs is 2. The number of carbonyl (C=O) groups is 1. The number of nitrogen functional groups attached to an aromatic ring is 1. The number of hydrogen-bond acceptors (Lipinski definition) is 4. The average Bonchev–Trinajstić information content (AvgIpc) is 2.90. The van der Waals surface area contributed by atoms with Crippen molar-refractivity contribution in [3.05, 3.63) is 40.3 Å². The van der Waals surface area contributed by atoms with Gasteiger partial charge in [-0.3, -0.25) is 4.79 Å². The second kappa shape index (κ2) is 4.93. The fourth-order valence-corrected chi connectivity index (χ4v) is 4.04. The third-order valence-corrected chi connectivity index (χ3v) is 5.46. The predicted octanol–water partition coefficient (Wildman–Crippen LogP) is 3.78. The van der Waals surface area contributed by atoms with Crippen molar-refractivity contribution < 1.29 is 9.18 Å². The number of nitrogens with zero attached hydrogens (tertiary/aromatic N) is 1. The van der Waals surface area contributed by atoms with Gasteiger partial charge >= 0.3 is 0 Å². The van der Waals surface area contributed by atoms with E-state index in [1.165, 1.54) is 6.07 Å². The number of halogens is 2. The van der Waals surface area contributed by atoms with Crippen LogP contribution in [0.5, 0.6) is 0 Å². The third kappa shape index (κ3) is 1.89. The summed E-state index contributed by atoms with van der Waals surface area (Å²) in [7, 11) is 0. The molecule has 0 atom stereocenters. The van der Waals surface area contributed by atoms with Crippen LogP contribution in [0, 0.1) is 5.82 Å². The molecule has 3 N–H and O–H groups in total. The molecule has 0 saturated heterocycles. The number of anilines is 2. The summed E-state index contributed by atoms with van der Waals surface area (Å²) in [6.45, 7) is 0.822. The van der Waals surface area contributed by atoms with Gasteiger partial charge in [0.25, 0.3) is 0 Å². The van der Waals surface area contributed by atoms with Crippen molar-refractivity contribution in [3.63, 3.8) is 0 Å². The molecule has 1 aromatic carbocycles. The number of benzene rings is 1. The van der Waals surface area contributed by atoms with Gasteiger partial charge in [-0.05, 0) is 25.0 Å². The van der Waals surface area contributed by atoms with Crippen molar-refractivity contribution >= 4 is 29.4 Å². The third-order valence-electron chi connectivity index (χ3n) is 5.07. The molecule has 1 saturated carbocycles. The minimum Gasteiger partial charge on any atom is -0.398 e. The number of aromatic nitrogens is 1. The minimum absolute atomic E-state index is 0.0210. The molecule has 0 radical (unpaired) electrons. The number of carbonyl (C=O) groups excluding carboxylic acids is 1. The normalized spacial score (nSPS) is 17.5. The molecule has 6 heteroatoms. The van der Waals surface area contributed by atoms with E-state index < -0.39 is 5.82 Å². The van der Waals surface area contributed by atoms with Gasteiger partial charge in [0.05, 0.1) is 10.6 Å². The number of pyridine rings is 1. The Labute approximate surface area is 137 Å². The van der Waals surface area contributed by atoms with Gasteiger partial charge in [0.2, 0.25) is 0 Å². The maximum absolute atomic E-state index is 14.6. The number of nitrogens with two attached hydrogens (primary N) is 1. The fraction of sp³-hybridized carbons (Fsp3) is 0.294. The van der Waals surface area contributed by atoms with Crippen molar-refractivity contribution in [1.29, 1.82) is 0 Å². The van der Waals surface area contributed by atoms with Crippen LogP contribution in [0.2, 0.25) is 5.02 Å². The molecule has 0 bridgehead atoms. The van der Waals surface area contributed by atoms with Crippen LogP contribution in [-0.2, 0) is 5.41 Å². The second-order valence-corrected chi connectivity index (χ2v) is 6.62. The largest absolute Gasteiger partial charge is 0.398 e. The van der Waals surface area contributed by atoms with Gasteiger partial charge in [-0.1, -0.05) is 18.0 Å². The zero-order valence-electron chi connectivity index (χ0n) is 12.3. The van der Waals surface area contributed by atoms with Crippen molar-refractivity contribution in [2.75, 3.05) is 17.6 Å². The van der Waals surface area contributed by atoms with Crippen LogP contribution >= 0.6 is 11.6 Å². The second-order valence-electron chi connectivity index (χ2n) is 6.24. The summed E-state index contributed by atoms with van der Waals surface area (Å²) in [5, 5.41) is 3.81. The predicted molar refractivity (Wildman–Crippen MR) is 88.5 cm³/mol. The summed E-state index contributed by atoms with van der Waals surface area (Å²) < 4.78 is 14.6. The molecule has 0 amide bonds. The lowest BCUT2D eigenvalue weighted by Crippen LogP contribution is -2.36. The highest BCUT2D eigenvalue weighted by molar-refractivity contribution is 6.34. The Bertz CT molecular complexity index is 833. The van der Waals surface area contributed by atoms with Gasteiger partial charge in [-0.2, -0.15) is 0 Å². The molecule has 1 aromatic heterocycles. The summed E-state index contributed by atoms with van der Waals surface area (Å²) >= 11 is 6.63. The molecular weight excluding hydrogens is 317 g/mol. The zero-order valence-corrected chi connectivity index (χ0v) is 13.1. The van der Waals surface area contributed by atoms with Gasteiger partial charge in [0.15, 0.2) is 6.29 Å². The van der Waals surface area contributed by atoms with Crippen LogP contribution in [0.15, 0.2) is 18.3 Å². The Balaban J connectivity index is 1.92. The van der Waals surface area contributed by atoms with Crippen LogP contribution in [0.4, 0.5) is 15.9 Å². The summed E-state index contributed by atoms with van der Waals surface area (Å²) in [6, 6.07) is 3.06. The lowest BCUT2D eigenvalue weighted by atomic mass is 9.66. The maximum atomic E-state index is 14.6. The Kier molecular flexibility index (Phi) is 3.10. The first-order chi connectivity index (χ1) is 11.1. The lowest BCUT2D eigenvalue weighted by Gasteiger charge is -2.38. The highest BCUT2D eigenvalue weighted by atomic mass is 35.5. The summed E-state index contributed by atoms with van der Waals surface area (Å²) in [4.78, 5) is 15.5. The maximum Gasteiger partial charge on any atom is 0.155 e. The molecule has 1 spiro atoms. The molecule has 1 aliphatic carbocycles. The van der Waals surface area contributed by atoms with Crippen LogP contribution < -0.4 is 11.1 Å². The van der Waals surface area contributed by atoms with Crippen LogP contribution in [-0.4, -0.2) is 17.8 Å². The van der Waals surface area contributed by atoms with E-state index in [2.05, 4.69) is 10.3 Å². The molecule has 2 aromatic rings. The van der Waals surface area contributed by atoms with Gasteiger partial charge < -0.3 is 11.1 Å². The number of rotatable bonds is 2. The van der Waals surface area contributed by atoms with E-state index in [4.69, 9.17) is 17.3 Å². The summed E-state index contributed by atoms with van der Waals surface area (Å²) in [5.74, 6) is 0.127. The highest BCUT2D eigenvalue weighted by Gasteiger charge is 2.46. The molecule has 23 heavy (non-hydrogen) atoms. The van der Waals surface area contributed by atoms with Crippen LogP contribution in [0.25, 0.3) is 11.1 Å². The molecule has 4 rings (SSSR count). The highest BCUT2D eigenvalue weighted by Crippen LogP contribution is 2.53. The molecule has 2 heterocycles. The number of aldehydes is 1. The molecule has 2 aliphatic rings. The first-order valence-electron chi connectivity index (χ1n) is 7.54. The van der Waals surface area contributed by atoms with Crippen molar-refractivity contribution in [1.82, 2.24) is 4.98 Å². The molecule has 1 aliphatic heterocycles. The number of nitrogens with one attached hydrogen (secondary N) is 1. The quantitative estimate of drug-likeness (QED) is 0.649. The lowest BCUT2D eigenvalue weighted by molar-refractivity contribution is 0.112. The topological polar surface area (TPSA) is 68.0 Å². The fourth-order valence-electron chi connectivity index (χ4n) is 3.60. The standard InChI is InChI=1S/C17H15ClFN3O/c18-14-10(9-2-3-12(20)11(7-23)15(9)19)6-21-16-13(14)17(8-22-16)4-1-5-17/h2-3,6-7H,1,4-5,8,20H2,(H,21,22). The van der Waals surface area contributed by atoms with E-state index in [0.29, 0.717) is 16.9 Å². The average molecular weight is 332 g/mol. The van der Waals surface area contributed by atoms with Gasteiger partial charge in [-0.25, -0.2) is 9.37 Å². The zero-order chi connectivity index (χ0) is 16.2. The van der Waals surface area contributed by atoms with E-state index in [-0.39, 0.29) is 22.2 Å². The monoisotopic (exact) mass is 331 g/mol. The SMILES string of the molecule is Nc1ccc(-c2cnc3c(c2Cl)C2(CCC2)CN3)c(F)c1C=O. The first kappa shape index (κ1) is 14.5. The molecule has 118 valence electrons. The van der Waals surface area contributed by atoms with Crippen LogP contribution in [0.3, 0.4) is 0 Å². The van der Waals surface area contributed by atoms with E-state index in [1.807, 2.05) is 0 Å². The van der Waals surface area contributed by atoms with E-state index >= 15 is 0 Å². The van der Waals surface area contributed by atoms with E-state index in [1.54, 1.807) is 12.3 Å². The minimum atomic E-state index is -0.655. The first-order valence-corrected chi connectivity index (χ1v) is 7.91. The molecular formula is C17H15ClFN3O. The molecule has 0 unspecified atom stereocenters. The van der Waals surface area contributed by atoms with E-state index in [9.17, 15) is 9.18 Å². The Morgan fingerprint density at radius 3 is 2.78 bits per heavy atom. The molecule has 1 fully saturated rings. The number of hydrogen-bond donors (Lipinski definition) is 2. The van der Waals surface area contributed by atoms with E-state index in [0.717, 1.165) is 37.2 Å². The Morgan fingerprint density at radius 1 is 1.35 bits per heavy atom. The van der Waals surface area contributed by atoms with Crippen molar-refractivity contribution in [2.45, 2.75) is 24.7 Å². The Hall–Kier alpha value is -2.14. The van der Waals surface area contributed by atoms with Gasteiger partial charge in [0, 0.05) is 40.5 Å². The van der Waals surface area contributed by atoms with Gasteiger partial charge in [0.1, 0.15) is 11.6 Å². The van der Waals surface area contributed by atoms with Crippen LogP contribution in [0.1, 0.15) is 35.2 Å².